The summed E-state index contributed by atoms with van der Waals surface area (Å²) in [6.07, 6.45) is 0.882. The van der Waals surface area contributed by atoms with Crippen molar-refractivity contribution in [2.75, 3.05) is 11.9 Å². The van der Waals surface area contributed by atoms with E-state index in [1.54, 1.807) is 36.4 Å². The van der Waals surface area contributed by atoms with Gasteiger partial charge in [-0.1, -0.05) is 64.1 Å². The quantitative estimate of drug-likeness (QED) is 0.512. The van der Waals surface area contributed by atoms with Crippen LogP contribution >= 0.6 is 58.0 Å². The second-order valence-electron chi connectivity index (χ2n) is 7.62. The second kappa shape index (κ2) is 8.29. The van der Waals surface area contributed by atoms with E-state index in [2.05, 4.69) is 5.32 Å². The first-order valence-corrected chi connectivity index (χ1v) is 11.3. The summed E-state index contributed by atoms with van der Waals surface area (Å²) in [5.74, 6) is -1.75. The molecule has 1 saturated heterocycles. The van der Waals surface area contributed by atoms with E-state index in [0.29, 0.717) is 39.9 Å². The minimum atomic E-state index is -1.56. The van der Waals surface area contributed by atoms with Gasteiger partial charge in [0.25, 0.3) is 5.91 Å². The zero-order valence-corrected chi connectivity index (χ0v) is 19.7. The number of carbonyl (C=O) groups is 2. The maximum atomic E-state index is 12.7. The minimum absolute atomic E-state index is 0.285. The molecule has 0 radical (unpaired) electrons. The zero-order valence-electron chi connectivity index (χ0n) is 15.9. The topological polar surface area (TPSA) is 81.4 Å². The Morgan fingerprint density at radius 2 is 1.74 bits per heavy atom. The van der Waals surface area contributed by atoms with Gasteiger partial charge in [-0.3, -0.25) is 9.59 Å². The van der Waals surface area contributed by atoms with Gasteiger partial charge in [0.15, 0.2) is 0 Å². The van der Waals surface area contributed by atoms with Crippen molar-refractivity contribution in [1.82, 2.24) is 0 Å². The minimum Gasteiger partial charge on any atom is -0.369 e. The molecule has 0 bridgehead atoms. The summed E-state index contributed by atoms with van der Waals surface area (Å²) in [5, 5.41) is 3.79. The molecule has 2 aliphatic rings. The van der Waals surface area contributed by atoms with Gasteiger partial charge >= 0.3 is 0 Å². The molecule has 3 atom stereocenters. The summed E-state index contributed by atoms with van der Waals surface area (Å²) in [6.45, 7) is 0.529. The van der Waals surface area contributed by atoms with Crippen molar-refractivity contribution >= 4 is 75.5 Å². The molecule has 2 amide bonds. The highest BCUT2D eigenvalue weighted by Gasteiger charge is 2.80. The van der Waals surface area contributed by atoms with E-state index in [1.165, 1.54) is 0 Å². The Morgan fingerprint density at radius 3 is 2.32 bits per heavy atom. The fourth-order valence-corrected chi connectivity index (χ4v) is 6.08. The summed E-state index contributed by atoms with van der Waals surface area (Å²) in [4.78, 5) is 25.2. The van der Waals surface area contributed by atoms with Crippen LogP contribution in [0.3, 0.4) is 0 Å². The lowest BCUT2D eigenvalue weighted by Gasteiger charge is -2.18. The van der Waals surface area contributed by atoms with Crippen LogP contribution in [0.1, 0.15) is 29.9 Å². The molecule has 31 heavy (non-hydrogen) atoms. The summed E-state index contributed by atoms with van der Waals surface area (Å²) in [5.41, 5.74) is 5.64. The number of halogens is 5. The SMILES string of the molecule is NC(=O)C1(c2ccc(Cl)c(NC(=O)C3CCCO3)c2)C(c2cc(Cl)cc(Cl)c2)C1(Cl)Cl. The molecule has 3 unspecified atom stereocenters. The number of nitrogens with one attached hydrogen (secondary N) is 1. The van der Waals surface area contributed by atoms with Crippen molar-refractivity contribution in [3.05, 3.63) is 62.6 Å². The third kappa shape index (κ3) is 3.79. The number of hydrogen-bond donors (Lipinski definition) is 2. The summed E-state index contributed by atoms with van der Waals surface area (Å²) < 4.78 is 3.85. The molecular weight excluding hydrogens is 506 g/mol. The van der Waals surface area contributed by atoms with Gasteiger partial charge in [0.05, 0.1) is 10.7 Å². The number of rotatable bonds is 5. The second-order valence-corrected chi connectivity index (χ2v) is 10.3. The van der Waals surface area contributed by atoms with Gasteiger partial charge < -0.3 is 15.8 Å². The Balaban J connectivity index is 1.75. The molecule has 3 N–H and O–H groups in total. The van der Waals surface area contributed by atoms with Crippen molar-refractivity contribution in [3.63, 3.8) is 0 Å². The molecule has 1 aliphatic carbocycles. The number of nitrogens with two attached hydrogens (primary N) is 1. The van der Waals surface area contributed by atoms with Gasteiger partial charge in [-0.2, -0.15) is 0 Å². The molecule has 2 aromatic carbocycles. The van der Waals surface area contributed by atoms with Crippen molar-refractivity contribution in [1.29, 1.82) is 0 Å². The Hall–Kier alpha value is -1.21. The molecule has 0 aromatic heterocycles. The standard InChI is InChI=1S/C21H17Cl5N2O3/c22-12-6-10(7-13(23)9-12)17-20(19(27)30,21(17,25)26)11-3-4-14(24)15(8-11)28-18(29)16-2-1-5-31-16/h3-4,6-9,16-17H,1-2,5H2,(H2,27,30)(H,28,29). The number of amides is 2. The lowest BCUT2D eigenvalue weighted by molar-refractivity contribution is -0.124. The third-order valence-electron chi connectivity index (χ3n) is 5.75. The highest BCUT2D eigenvalue weighted by molar-refractivity contribution is 6.55. The average Bonchev–Trinajstić information content (AvgIpc) is 3.00. The van der Waals surface area contributed by atoms with E-state index in [9.17, 15) is 9.59 Å². The fraction of sp³-hybridized carbons (Fsp3) is 0.333. The molecule has 0 spiro atoms. The van der Waals surface area contributed by atoms with E-state index in [-0.39, 0.29) is 10.9 Å². The van der Waals surface area contributed by atoms with Crippen LogP contribution in [0.15, 0.2) is 36.4 Å². The number of anilines is 1. The summed E-state index contributed by atoms with van der Waals surface area (Å²) >= 11 is 31.8. The van der Waals surface area contributed by atoms with Crippen LogP contribution in [-0.4, -0.2) is 28.9 Å². The van der Waals surface area contributed by atoms with Gasteiger partial charge in [-0.25, -0.2) is 0 Å². The van der Waals surface area contributed by atoms with Crippen LogP contribution in [0.4, 0.5) is 5.69 Å². The first-order chi connectivity index (χ1) is 14.6. The van der Waals surface area contributed by atoms with Crippen molar-refractivity contribution in [2.24, 2.45) is 5.73 Å². The molecule has 4 rings (SSSR count). The Labute approximate surface area is 204 Å². The van der Waals surface area contributed by atoms with Gasteiger partial charge in [-0.05, 0) is 54.3 Å². The molecule has 1 heterocycles. The number of carbonyl (C=O) groups excluding carboxylic acids is 2. The number of ether oxygens (including phenoxy) is 1. The smallest absolute Gasteiger partial charge is 0.253 e. The Kier molecular flexibility index (Phi) is 6.14. The van der Waals surface area contributed by atoms with Crippen molar-refractivity contribution < 1.29 is 14.3 Å². The number of alkyl halides is 2. The van der Waals surface area contributed by atoms with Gasteiger partial charge in [0.2, 0.25) is 5.91 Å². The largest absolute Gasteiger partial charge is 0.369 e. The molecule has 5 nitrogen and oxygen atoms in total. The van der Waals surface area contributed by atoms with Gasteiger partial charge in [0.1, 0.15) is 15.9 Å². The number of primary amides is 1. The number of benzene rings is 2. The highest BCUT2D eigenvalue weighted by Crippen LogP contribution is 2.74. The normalized spacial score (nSPS) is 26.5. The molecule has 10 heteroatoms. The van der Waals surface area contributed by atoms with Crippen LogP contribution in [-0.2, 0) is 19.7 Å². The van der Waals surface area contributed by atoms with Crippen molar-refractivity contribution in [3.8, 4) is 0 Å². The first kappa shape index (κ1) is 23.0. The van der Waals surface area contributed by atoms with Crippen LogP contribution in [0.2, 0.25) is 15.1 Å². The highest BCUT2D eigenvalue weighted by atomic mass is 35.5. The summed E-state index contributed by atoms with van der Waals surface area (Å²) in [6, 6.07) is 9.56. The lowest BCUT2D eigenvalue weighted by atomic mass is 9.89. The molecule has 1 aliphatic heterocycles. The predicted octanol–water partition coefficient (Wildman–Crippen LogP) is 5.46. The number of hydrogen-bond acceptors (Lipinski definition) is 3. The van der Waals surface area contributed by atoms with Crippen LogP contribution in [0.25, 0.3) is 0 Å². The fourth-order valence-electron chi connectivity index (χ4n) is 4.28. The van der Waals surface area contributed by atoms with E-state index in [1.807, 2.05) is 0 Å². The molecular formula is C21H17Cl5N2O3. The average molecular weight is 523 g/mol. The van der Waals surface area contributed by atoms with E-state index >= 15 is 0 Å². The molecule has 2 fully saturated rings. The predicted molar refractivity (Wildman–Crippen MR) is 124 cm³/mol. The molecule has 1 saturated carbocycles. The van der Waals surface area contributed by atoms with Gasteiger partial charge in [-0.15, -0.1) is 0 Å². The zero-order chi connectivity index (χ0) is 22.6. The van der Waals surface area contributed by atoms with Crippen LogP contribution in [0, 0.1) is 0 Å². The lowest BCUT2D eigenvalue weighted by Crippen LogP contribution is -2.34. The Morgan fingerprint density at radius 1 is 1.06 bits per heavy atom. The maximum Gasteiger partial charge on any atom is 0.253 e. The monoisotopic (exact) mass is 520 g/mol. The molecule has 2 aromatic rings. The van der Waals surface area contributed by atoms with E-state index < -0.39 is 27.7 Å². The van der Waals surface area contributed by atoms with Crippen LogP contribution < -0.4 is 11.1 Å². The first-order valence-electron chi connectivity index (χ1n) is 9.45. The molecule has 164 valence electrons. The maximum absolute atomic E-state index is 12.7. The van der Waals surface area contributed by atoms with Gasteiger partial charge in [0, 0.05) is 22.6 Å². The Bertz CT molecular complexity index is 1050. The third-order valence-corrected chi connectivity index (χ3v) is 7.55. The van der Waals surface area contributed by atoms with Crippen LogP contribution in [0.5, 0.6) is 0 Å². The van der Waals surface area contributed by atoms with E-state index in [4.69, 9.17) is 68.5 Å². The summed E-state index contributed by atoms with van der Waals surface area (Å²) in [7, 11) is 0. The van der Waals surface area contributed by atoms with Crippen molar-refractivity contribution in [2.45, 2.75) is 34.6 Å². The van der Waals surface area contributed by atoms with E-state index in [0.717, 1.165) is 6.42 Å².